The number of rotatable bonds is 4. The average molecular weight is 394 g/mol. The zero-order valence-corrected chi connectivity index (χ0v) is 16.4. The number of alkyl halides is 3. The largest absolute Gasteiger partial charge is 0.433 e. The third kappa shape index (κ3) is 4.39. The summed E-state index contributed by atoms with van der Waals surface area (Å²) >= 11 is 1.62. The standard InChI is InChI=1S/C19H21F3N4S/c1-12-7-14(16-10-23-18(27-16)13(2)25(3)4)9-15(8-12)26-6-5-17(24-11-26)19(20,21)22/h5-10,13H,11H2,1-4H3. The van der Waals surface area contributed by atoms with Gasteiger partial charge in [0.25, 0.3) is 0 Å². The summed E-state index contributed by atoms with van der Waals surface area (Å²) in [5.41, 5.74) is 1.98. The number of benzene rings is 1. The molecule has 0 bridgehead atoms. The van der Waals surface area contributed by atoms with E-state index in [9.17, 15) is 13.2 Å². The number of allylic oxidation sites excluding steroid dienone is 1. The highest BCUT2D eigenvalue weighted by atomic mass is 32.1. The molecule has 1 aromatic carbocycles. The minimum Gasteiger partial charge on any atom is -0.328 e. The molecule has 0 N–H and O–H groups in total. The van der Waals surface area contributed by atoms with Crippen molar-refractivity contribution in [2.75, 3.05) is 25.7 Å². The van der Waals surface area contributed by atoms with E-state index in [1.807, 2.05) is 39.3 Å². The molecular formula is C19H21F3N4S. The highest BCUT2D eigenvalue weighted by Crippen LogP contribution is 2.34. The zero-order valence-electron chi connectivity index (χ0n) is 15.6. The van der Waals surface area contributed by atoms with Crippen LogP contribution in [0.1, 0.15) is 23.5 Å². The molecule has 0 fully saturated rings. The second-order valence-corrected chi connectivity index (χ2v) is 7.79. The fourth-order valence-corrected chi connectivity index (χ4v) is 3.72. The smallest absolute Gasteiger partial charge is 0.328 e. The molecule has 2 aromatic rings. The lowest BCUT2D eigenvalue weighted by atomic mass is 10.1. The summed E-state index contributed by atoms with van der Waals surface area (Å²) < 4.78 is 38.2. The molecule has 0 saturated heterocycles. The van der Waals surface area contributed by atoms with E-state index in [2.05, 4.69) is 27.9 Å². The lowest BCUT2D eigenvalue weighted by molar-refractivity contribution is -0.0579. The molecule has 4 nitrogen and oxygen atoms in total. The number of aryl methyl sites for hydroxylation is 1. The van der Waals surface area contributed by atoms with Crippen LogP contribution in [-0.4, -0.2) is 42.5 Å². The summed E-state index contributed by atoms with van der Waals surface area (Å²) in [4.78, 5) is 13.0. The van der Waals surface area contributed by atoms with Gasteiger partial charge >= 0.3 is 6.18 Å². The Morgan fingerprint density at radius 3 is 2.56 bits per heavy atom. The number of nitrogens with zero attached hydrogens (tertiary/aromatic N) is 4. The number of hydrogen-bond acceptors (Lipinski definition) is 5. The van der Waals surface area contributed by atoms with Gasteiger partial charge in [-0.3, -0.25) is 4.99 Å². The third-order valence-corrected chi connectivity index (χ3v) is 5.65. The summed E-state index contributed by atoms with van der Waals surface area (Å²) in [5, 5.41) is 1.02. The number of aliphatic imine (C=N–C) groups is 1. The summed E-state index contributed by atoms with van der Waals surface area (Å²) in [6.07, 6.45) is -0.122. The van der Waals surface area contributed by atoms with Crippen LogP contribution in [0, 0.1) is 6.92 Å². The Kier molecular flexibility index (Phi) is 5.39. The molecule has 27 heavy (non-hydrogen) atoms. The molecule has 0 saturated carbocycles. The van der Waals surface area contributed by atoms with Crippen molar-refractivity contribution < 1.29 is 13.2 Å². The lowest BCUT2D eigenvalue weighted by Crippen LogP contribution is -2.29. The van der Waals surface area contributed by atoms with E-state index in [-0.39, 0.29) is 12.7 Å². The predicted molar refractivity (Wildman–Crippen MR) is 104 cm³/mol. The Morgan fingerprint density at radius 1 is 1.22 bits per heavy atom. The zero-order chi connectivity index (χ0) is 19.8. The van der Waals surface area contributed by atoms with E-state index in [0.29, 0.717) is 0 Å². The van der Waals surface area contributed by atoms with E-state index in [0.717, 1.165) is 32.8 Å². The Hall–Kier alpha value is -2.19. The molecule has 1 aromatic heterocycles. The van der Waals surface area contributed by atoms with Gasteiger partial charge in [0.05, 0.1) is 10.9 Å². The van der Waals surface area contributed by atoms with Crippen molar-refractivity contribution in [1.29, 1.82) is 0 Å². The van der Waals surface area contributed by atoms with Crippen LogP contribution < -0.4 is 4.90 Å². The van der Waals surface area contributed by atoms with E-state index in [4.69, 9.17) is 0 Å². The number of aromatic nitrogens is 1. The van der Waals surface area contributed by atoms with Crippen LogP contribution >= 0.6 is 11.3 Å². The molecule has 2 heterocycles. The third-order valence-electron chi connectivity index (χ3n) is 4.43. The maximum Gasteiger partial charge on any atom is 0.433 e. The summed E-state index contributed by atoms with van der Waals surface area (Å²) in [6, 6.07) is 6.17. The summed E-state index contributed by atoms with van der Waals surface area (Å²) in [7, 11) is 4.02. The predicted octanol–water partition coefficient (Wildman–Crippen LogP) is 5.04. The highest BCUT2D eigenvalue weighted by molar-refractivity contribution is 7.15. The monoisotopic (exact) mass is 394 g/mol. The van der Waals surface area contributed by atoms with E-state index in [1.165, 1.54) is 6.20 Å². The molecular weight excluding hydrogens is 373 g/mol. The second-order valence-electron chi connectivity index (χ2n) is 6.73. The Bertz CT molecular complexity index is 883. The van der Waals surface area contributed by atoms with Crippen molar-refractivity contribution in [2.24, 2.45) is 4.99 Å². The van der Waals surface area contributed by atoms with Gasteiger partial charge in [0, 0.05) is 18.1 Å². The number of halogens is 3. The first-order chi connectivity index (χ1) is 12.6. The van der Waals surface area contributed by atoms with E-state index >= 15 is 0 Å². The van der Waals surface area contributed by atoms with Crippen molar-refractivity contribution in [1.82, 2.24) is 9.88 Å². The number of thiazole rings is 1. The SMILES string of the molecule is Cc1cc(-c2cnc(C(C)N(C)C)s2)cc(N2C=CC(C(F)(F)F)=NC2)c1. The normalized spacial score (nSPS) is 16.0. The van der Waals surface area contributed by atoms with Crippen molar-refractivity contribution >= 4 is 22.7 Å². The number of anilines is 1. The molecule has 1 unspecified atom stereocenters. The topological polar surface area (TPSA) is 31.7 Å². The van der Waals surface area contributed by atoms with E-state index in [1.54, 1.807) is 16.2 Å². The highest BCUT2D eigenvalue weighted by Gasteiger charge is 2.35. The molecule has 1 atom stereocenters. The Labute approximate surface area is 160 Å². The van der Waals surface area contributed by atoms with E-state index < -0.39 is 11.9 Å². The fraction of sp³-hybridized carbons (Fsp3) is 0.368. The van der Waals surface area contributed by atoms with Gasteiger partial charge in [-0.1, -0.05) is 6.07 Å². The van der Waals surface area contributed by atoms with Gasteiger partial charge in [0.2, 0.25) is 0 Å². The Balaban J connectivity index is 1.86. The summed E-state index contributed by atoms with van der Waals surface area (Å²) in [6.45, 7) is 4.01. The molecule has 1 aliphatic heterocycles. The molecule has 0 spiro atoms. The van der Waals surface area contributed by atoms with Crippen LogP contribution in [0.3, 0.4) is 0 Å². The fourth-order valence-electron chi connectivity index (χ4n) is 2.67. The average Bonchev–Trinajstić information content (AvgIpc) is 3.10. The first-order valence-corrected chi connectivity index (χ1v) is 9.27. The van der Waals surface area contributed by atoms with Crippen molar-refractivity contribution in [3.05, 3.63) is 47.2 Å². The lowest BCUT2D eigenvalue weighted by Gasteiger charge is -2.23. The first kappa shape index (κ1) is 19.6. The molecule has 0 amide bonds. The van der Waals surface area contributed by atoms with Crippen molar-refractivity contribution in [3.8, 4) is 10.4 Å². The minimum absolute atomic E-state index is 0.0557. The van der Waals surface area contributed by atoms with Crippen molar-refractivity contribution in [2.45, 2.75) is 26.1 Å². The van der Waals surface area contributed by atoms with Crippen LogP contribution in [0.4, 0.5) is 18.9 Å². The van der Waals surface area contributed by atoms with Gasteiger partial charge < -0.3 is 9.80 Å². The van der Waals surface area contributed by atoms with Crippen LogP contribution in [-0.2, 0) is 0 Å². The van der Waals surface area contributed by atoms with Gasteiger partial charge in [-0.15, -0.1) is 11.3 Å². The summed E-state index contributed by atoms with van der Waals surface area (Å²) in [5.74, 6) is 0. The maximum atomic E-state index is 12.7. The van der Waals surface area contributed by atoms with Crippen molar-refractivity contribution in [3.63, 3.8) is 0 Å². The molecule has 0 radical (unpaired) electrons. The van der Waals surface area contributed by atoms with Gasteiger partial charge in [-0.2, -0.15) is 13.2 Å². The van der Waals surface area contributed by atoms with Gasteiger partial charge in [0.15, 0.2) is 0 Å². The number of hydrogen-bond donors (Lipinski definition) is 0. The molecule has 144 valence electrons. The molecule has 0 aliphatic carbocycles. The van der Waals surface area contributed by atoms with Crippen LogP contribution in [0.5, 0.6) is 0 Å². The second kappa shape index (κ2) is 7.44. The van der Waals surface area contributed by atoms with Crippen LogP contribution in [0.25, 0.3) is 10.4 Å². The Morgan fingerprint density at radius 2 is 1.96 bits per heavy atom. The quantitative estimate of drug-likeness (QED) is 0.728. The minimum atomic E-state index is -4.41. The van der Waals surface area contributed by atoms with Gasteiger partial charge in [0.1, 0.15) is 17.4 Å². The van der Waals surface area contributed by atoms with Gasteiger partial charge in [-0.05, 0) is 57.3 Å². The molecule has 3 rings (SSSR count). The van der Waals surface area contributed by atoms with Crippen LogP contribution in [0.2, 0.25) is 0 Å². The molecule has 8 heteroatoms. The molecule has 1 aliphatic rings. The maximum absolute atomic E-state index is 12.7. The van der Waals surface area contributed by atoms with Gasteiger partial charge in [-0.25, -0.2) is 4.98 Å². The van der Waals surface area contributed by atoms with Crippen LogP contribution in [0.15, 0.2) is 41.7 Å². The first-order valence-electron chi connectivity index (χ1n) is 8.46.